The van der Waals surface area contributed by atoms with E-state index in [0.29, 0.717) is 29.1 Å². The van der Waals surface area contributed by atoms with Crippen molar-refractivity contribution in [3.8, 4) is 0 Å². The standard InChI is InChI=1S/C22H25ClN6OS2/c1-2-9-27-20(30)17-5-3-4-6-18(17)29-21(27)24-28(22(29)31)15-26-12-10-25(11-13-26)14-16-7-8-19(23)32-16/h3-8H,2,9-15H2,1H3. The fourth-order valence-corrected chi connectivity index (χ4v) is 5.73. The molecule has 0 radical (unpaired) electrons. The first-order valence-electron chi connectivity index (χ1n) is 10.8. The van der Waals surface area contributed by atoms with Gasteiger partial charge in [0.05, 0.1) is 21.9 Å². The maximum absolute atomic E-state index is 13.1. The van der Waals surface area contributed by atoms with Crippen LogP contribution in [-0.4, -0.2) is 54.7 Å². The first-order chi connectivity index (χ1) is 15.5. The number of para-hydroxylation sites is 1. The topological polar surface area (TPSA) is 50.7 Å². The molecule has 0 spiro atoms. The van der Waals surface area contributed by atoms with Crippen LogP contribution in [0.3, 0.4) is 0 Å². The first-order valence-corrected chi connectivity index (χ1v) is 12.5. The van der Waals surface area contributed by atoms with Gasteiger partial charge in [0.25, 0.3) is 5.56 Å². The summed E-state index contributed by atoms with van der Waals surface area (Å²) in [5.74, 6) is 0.619. The fraction of sp³-hybridized carbons (Fsp3) is 0.409. The molecule has 0 N–H and O–H groups in total. The van der Waals surface area contributed by atoms with E-state index >= 15 is 0 Å². The lowest BCUT2D eigenvalue weighted by Gasteiger charge is -2.34. The van der Waals surface area contributed by atoms with E-state index in [2.05, 4.69) is 22.8 Å². The van der Waals surface area contributed by atoms with Gasteiger partial charge in [-0.1, -0.05) is 30.7 Å². The Morgan fingerprint density at radius 3 is 2.56 bits per heavy atom. The maximum atomic E-state index is 13.1. The van der Waals surface area contributed by atoms with Gasteiger partial charge in [-0.05, 0) is 42.9 Å². The highest BCUT2D eigenvalue weighted by molar-refractivity contribution is 7.71. The molecule has 3 aromatic heterocycles. The molecule has 168 valence electrons. The van der Waals surface area contributed by atoms with Crippen LogP contribution in [0, 0.1) is 4.77 Å². The van der Waals surface area contributed by atoms with Crippen LogP contribution in [0.25, 0.3) is 16.7 Å². The van der Waals surface area contributed by atoms with Crippen molar-refractivity contribution in [3.05, 3.63) is 60.7 Å². The number of hydrogen-bond acceptors (Lipinski definition) is 6. The first kappa shape index (κ1) is 21.8. The number of thiophene rings is 1. The summed E-state index contributed by atoms with van der Waals surface area (Å²) in [6.07, 6.45) is 0.852. The highest BCUT2D eigenvalue weighted by atomic mass is 35.5. The molecule has 7 nitrogen and oxygen atoms in total. The zero-order chi connectivity index (χ0) is 22.2. The van der Waals surface area contributed by atoms with Crippen molar-refractivity contribution in [1.82, 2.24) is 28.5 Å². The van der Waals surface area contributed by atoms with Gasteiger partial charge in [-0.3, -0.25) is 23.6 Å². The molecule has 5 rings (SSSR count). The number of hydrogen-bond donors (Lipinski definition) is 0. The Morgan fingerprint density at radius 1 is 1.09 bits per heavy atom. The van der Waals surface area contributed by atoms with E-state index < -0.39 is 0 Å². The van der Waals surface area contributed by atoms with Crippen LogP contribution in [0.2, 0.25) is 4.34 Å². The van der Waals surface area contributed by atoms with Crippen molar-refractivity contribution in [2.45, 2.75) is 33.1 Å². The van der Waals surface area contributed by atoms with Crippen LogP contribution < -0.4 is 5.56 Å². The quantitative estimate of drug-likeness (QED) is 0.383. The normalized spacial score (nSPS) is 15.8. The Labute approximate surface area is 200 Å². The lowest BCUT2D eigenvalue weighted by atomic mass is 10.2. The van der Waals surface area contributed by atoms with E-state index in [1.807, 2.05) is 39.4 Å². The Morgan fingerprint density at radius 2 is 1.84 bits per heavy atom. The number of nitrogens with zero attached hydrogens (tertiary/aromatic N) is 6. The van der Waals surface area contributed by atoms with Gasteiger partial charge < -0.3 is 0 Å². The largest absolute Gasteiger partial charge is 0.296 e. The van der Waals surface area contributed by atoms with Crippen molar-refractivity contribution in [1.29, 1.82) is 0 Å². The molecule has 1 aliphatic heterocycles. The van der Waals surface area contributed by atoms with Crippen molar-refractivity contribution in [2.75, 3.05) is 26.2 Å². The summed E-state index contributed by atoms with van der Waals surface area (Å²) in [5, 5.41) is 5.47. The van der Waals surface area contributed by atoms with E-state index in [-0.39, 0.29) is 5.56 Å². The average molecular weight is 489 g/mol. The van der Waals surface area contributed by atoms with Gasteiger partial charge in [0, 0.05) is 44.1 Å². The number of aromatic nitrogens is 4. The second kappa shape index (κ2) is 9.07. The molecule has 0 unspecified atom stereocenters. The Kier molecular flexibility index (Phi) is 6.18. The molecule has 0 saturated carbocycles. The van der Waals surface area contributed by atoms with Crippen molar-refractivity contribution >= 4 is 51.8 Å². The van der Waals surface area contributed by atoms with Crippen LogP contribution in [0.5, 0.6) is 0 Å². The van der Waals surface area contributed by atoms with Gasteiger partial charge in [0.2, 0.25) is 10.5 Å². The minimum absolute atomic E-state index is 0.00982. The molecule has 4 heterocycles. The zero-order valence-corrected chi connectivity index (χ0v) is 20.3. The van der Waals surface area contributed by atoms with Crippen LogP contribution >= 0.6 is 35.2 Å². The third-order valence-corrected chi connectivity index (χ3v) is 7.55. The molecular formula is C22H25ClN6OS2. The molecule has 32 heavy (non-hydrogen) atoms. The summed E-state index contributed by atoms with van der Waals surface area (Å²) in [6, 6.07) is 11.7. The molecule has 4 aromatic rings. The van der Waals surface area contributed by atoms with Crippen LogP contribution in [0.1, 0.15) is 18.2 Å². The van der Waals surface area contributed by atoms with E-state index in [9.17, 15) is 4.79 Å². The molecule has 0 amide bonds. The third-order valence-electron chi connectivity index (χ3n) is 5.94. The van der Waals surface area contributed by atoms with Crippen LogP contribution in [0.4, 0.5) is 0 Å². The summed E-state index contributed by atoms with van der Waals surface area (Å²) in [6.45, 7) is 8.09. The van der Waals surface area contributed by atoms with E-state index in [1.165, 1.54) is 4.88 Å². The Hall–Kier alpha value is -2.04. The summed E-state index contributed by atoms with van der Waals surface area (Å²) in [5.41, 5.74) is 0.805. The number of piperazine rings is 1. The lowest BCUT2D eigenvalue weighted by molar-refractivity contribution is 0.0989. The molecule has 1 aromatic carbocycles. The molecule has 0 aliphatic carbocycles. The van der Waals surface area contributed by atoms with Gasteiger partial charge in [-0.2, -0.15) is 0 Å². The SMILES string of the molecule is CCCn1c(=O)c2ccccc2n2c(=S)n(CN3CCN(Cc4ccc(Cl)s4)CC3)nc12. The highest BCUT2D eigenvalue weighted by Gasteiger charge is 2.20. The fourth-order valence-electron chi connectivity index (χ4n) is 4.32. The molecule has 1 aliphatic rings. The minimum Gasteiger partial charge on any atom is -0.296 e. The number of aryl methyl sites for hydroxylation is 1. The molecule has 0 atom stereocenters. The van der Waals surface area contributed by atoms with Gasteiger partial charge in [-0.15, -0.1) is 16.4 Å². The predicted molar refractivity (Wildman–Crippen MR) is 132 cm³/mol. The van der Waals surface area contributed by atoms with Crippen LogP contribution in [0.15, 0.2) is 41.2 Å². The molecule has 1 saturated heterocycles. The van der Waals surface area contributed by atoms with Crippen molar-refractivity contribution < 1.29 is 0 Å². The minimum atomic E-state index is -0.00982. The summed E-state index contributed by atoms with van der Waals surface area (Å²) in [7, 11) is 0. The Balaban J connectivity index is 1.40. The lowest BCUT2D eigenvalue weighted by Crippen LogP contribution is -2.46. The van der Waals surface area contributed by atoms with E-state index in [0.717, 1.165) is 49.0 Å². The monoisotopic (exact) mass is 488 g/mol. The molecule has 0 bridgehead atoms. The molecule has 1 fully saturated rings. The van der Waals surface area contributed by atoms with Gasteiger partial charge in [-0.25, -0.2) is 4.68 Å². The van der Waals surface area contributed by atoms with E-state index in [4.69, 9.17) is 28.9 Å². The van der Waals surface area contributed by atoms with Crippen molar-refractivity contribution in [3.63, 3.8) is 0 Å². The summed E-state index contributed by atoms with van der Waals surface area (Å²) < 4.78 is 7.01. The van der Waals surface area contributed by atoms with Gasteiger partial charge >= 0.3 is 0 Å². The van der Waals surface area contributed by atoms with Gasteiger partial charge in [0.1, 0.15) is 0 Å². The van der Waals surface area contributed by atoms with E-state index in [1.54, 1.807) is 15.9 Å². The smallest absolute Gasteiger partial charge is 0.262 e. The second-order valence-corrected chi connectivity index (χ2v) is 10.3. The third kappa shape index (κ3) is 4.04. The number of rotatable bonds is 6. The molecular weight excluding hydrogens is 464 g/mol. The average Bonchev–Trinajstić information content (AvgIpc) is 3.35. The number of halogens is 1. The Bertz CT molecular complexity index is 1380. The highest BCUT2D eigenvalue weighted by Crippen LogP contribution is 2.23. The summed E-state index contributed by atoms with van der Waals surface area (Å²) in [4.78, 5) is 19.2. The summed E-state index contributed by atoms with van der Waals surface area (Å²) >= 11 is 13.5. The zero-order valence-electron chi connectivity index (χ0n) is 17.9. The predicted octanol–water partition coefficient (Wildman–Crippen LogP) is 4.08. The maximum Gasteiger partial charge on any atom is 0.262 e. The molecule has 10 heteroatoms. The number of benzene rings is 1. The van der Waals surface area contributed by atoms with Crippen molar-refractivity contribution in [2.24, 2.45) is 0 Å². The second-order valence-electron chi connectivity index (χ2n) is 8.13. The number of fused-ring (bicyclic) bond motifs is 3. The van der Waals surface area contributed by atoms with Gasteiger partial charge in [0.15, 0.2) is 0 Å². The van der Waals surface area contributed by atoms with Crippen LogP contribution in [-0.2, 0) is 19.8 Å².